The number of ether oxygens (including phenoxy) is 1. The topological polar surface area (TPSA) is 73.1 Å². The van der Waals surface area contributed by atoms with Gasteiger partial charge in [0.2, 0.25) is 6.39 Å². The summed E-state index contributed by atoms with van der Waals surface area (Å²) in [4.78, 5) is 8.46. The zero-order valence-electron chi connectivity index (χ0n) is 10.3. The molecule has 1 aromatic carbocycles. The smallest absolute Gasteiger partial charge is 0.213 e. The molecule has 6 nitrogen and oxygen atoms in total. The van der Waals surface area contributed by atoms with Crippen LogP contribution in [0.2, 0.25) is 0 Å². The summed E-state index contributed by atoms with van der Waals surface area (Å²) in [7, 11) is 1.66. The van der Waals surface area contributed by atoms with E-state index < -0.39 is 0 Å². The Labute approximate surface area is 113 Å². The fourth-order valence-electron chi connectivity index (χ4n) is 1.69. The van der Waals surface area contributed by atoms with Crippen molar-refractivity contribution in [2.45, 2.75) is 6.42 Å². The zero-order chi connectivity index (χ0) is 13.1. The Bertz CT molecular complexity index is 665. The number of hydrogen-bond donors (Lipinski definition) is 1. The highest BCUT2D eigenvalue weighted by molar-refractivity contribution is 7.22. The fourth-order valence-corrected chi connectivity index (χ4v) is 2.61. The van der Waals surface area contributed by atoms with E-state index in [9.17, 15) is 0 Å². The molecule has 0 amide bonds. The van der Waals surface area contributed by atoms with E-state index in [2.05, 4.69) is 25.0 Å². The summed E-state index contributed by atoms with van der Waals surface area (Å²) in [5.41, 5.74) is 0.966. The lowest BCUT2D eigenvalue weighted by Crippen LogP contribution is -2.05. The second-order valence-corrected chi connectivity index (χ2v) is 4.91. The second-order valence-electron chi connectivity index (χ2n) is 3.88. The van der Waals surface area contributed by atoms with Crippen LogP contribution in [0, 0.1) is 0 Å². The Kier molecular flexibility index (Phi) is 3.28. The summed E-state index contributed by atoms with van der Waals surface area (Å²) in [6.07, 6.45) is 2.04. The maximum absolute atomic E-state index is 5.19. The van der Waals surface area contributed by atoms with E-state index in [1.807, 2.05) is 18.2 Å². The van der Waals surface area contributed by atoms with Crippen molar-refractivity contribution in [2.24, 2.45) is 0 Å². The van der Waals surface area contributed by atoms with Gasteiger partial charge < -0.3 is 14.6 Å². The third kappa shape index (κ3) is 2.65. The normalized spacial score (nSPS) is 10.8. The van der Waals surface area contributed by atoms with Crippen LogP contribution in [0.25, 0.3) is 10.2 Å². The van der Waals surface area contributed by atoms with Crippen LogP contribution in [0.4, 0.5) is 5.13 Å². The second kappa shape index (κ2) is 5.23. The lowest BCUT2D eigenvalue weighted by atomic mass is 10.3. The first-order chi connectivity index (χ1) is 9.35. The molecule has 0 saturated carbocycles. The Morgan fingerprint density at radius 3 is 3.16 bits per heavy atom. The highest BCUT2D eigenvalue weighted by Crippen LogP contribution is 2.28. The van der Waals surface area contributed by atoms with Gasteiger partial charge in [-0.2, -0.15) is 4.98 Å². The van der Waals surface area contributed by atoms with Gasteiger partial charge in [-0.05, 0) is 18.2 Å². The van der Waals surface area contributed by atoms with Gasteiger partial charge in [-0.15, -0.1) is 0 Å². The van der Waals surface area contributed by atoms with Crippen LogP contribution in [0.3, 0.4) is 0 Å². The third-order valence-electron chi connectivity index (χ3n) is 2.63. The molecule has 0 radical (unpaired) electrons. The lowest BCUT2D eigenvalue weighted by molar-refractivity contribution is 0.410. The molecule has 0 atom stereocenters. The van der Waals surface area contributed by atoms with E-state index in [1.165, 1.54) is 6.39 Å². The van der Waals surface area contributed by atoms with Crippen LogP contribution in [0.15, 0.2) is 29.1 Å². The van der Waals surface area contributed by atoms with Crippen LogP contribution in [-0.4, -0.2) is 28.8 Å². The minimum Gasteiger partial charge on any atom is -0.497 e. The zero-order valence-corrected chi connectivity index (χ0v) is 11.1. The highest BCUT2D eigenvalue weighted by atomic mass is 32.1. The lowest BCUT2D eigenvalue weighted by Gasteiger charge is -1.97. The first kappa shape index (κ1) is 11.9. The van der Waals surface area contributed by atoms with E-state index in [-0.39, 0.29) is 0 Å². The van der Waals surface area contributed by atoms with E-state index in [0.717, 1.165) is 27.6 Å². The van der Waals surface area contributed by atoms with Gasteiger partial charge in [0.1, 0.15) is 5.75 Å². The predicted octanol–water partition coefficient (Wildman–Crippen LogP) is 2.34. The van der Waals surface area contributed by atoms with Crippen molar-refractivity contribution in [3.63, 3.8) is 0 Å². The highest BCUT2D eigenvalue weighted by Gasteiger charge is 2.05. The van der Waals surface area contributed by atoms with E-state index >= 15 is 0 Å². The van der Waals surface area contributed by atoms with Crippen molar-refractivity contribution in [1.29, 1.82) is 0 Å². The SMILES string of the molecule is COc1ccc2nc(NCCc3ncon3)sc2c1. The van der Waals surface area contributed by atoms with Crippen molar-refractivity contribution in [3.05, 3.63) is 30.4 Å². The quantitative estimate of drug-likeness (QED) is 0.771. The molecule has 0 unspecified atom stereocenters. The standard InChI is InChI=1S/C12H12N4O2S/c1-17-8-2-3-9-10(6-8)19-12(15-9)13-5-4-11-14-7-18-16-11/h2-3,6-7H,4-5H2,1H3,(H,13,15). The van der Waals surface area contributed by atoms with Crippen LogP contribution < -0.4 is 10.1 Å². The van der Waals surface area contributed by atoms with Crippen molar-refractivity contribution >= 4 is 26.7 Å². The monoisotopic (exact) mass is 276 g/mol. The Hall–Kier alpha value is -2.15. The van der Waals surface area contributed by atoms with Gasteiger partial charge in [0.15, 0.2) is 11.0 Å². The molecule has 2 aromatic heterocycles. The molecular formula is C12H12N4O2S. The first-order valence-electron chi connectivity index (χ1n) is 5.79. The van der Waals surface area contributed by atoms with Gasteiger partial charge in [-0.3, -0.25) is 0 Å². The average Bonchev–Trinajstić information content (AvgIpc) is 3.06. The van der Waals surface area contributed by atoms with Crippen molar-refractivity contribution in [2.75, 3.05) is 19.0 Å². The van der Waals surface area contributed by atoms with Crippen LogP contribution in [-0.2, 0) is 6.42 Å². The molecule has 0 aliphatic carbocycles. The molecule has 0 fully saturated rings. The van der Waals surface area contributed by atoms with Gasteiger partial charge in [-0.1, -0.05) is 16.5 Å². The molecule has 98 valence electrons. The van der Waals surface area contributed by atoms with Gasteiger partial charge >= 0.3 is 0 Å². The van der Waals surface area contributed by atoms with Gasteiger partial charge in [0.05, 0.1) is 17.3 Å². The minimum atomic E-state index is 0.690. The number of aromatic nitrogens is 3. The van der Waals surface area contributed by atoms with Gasteiger partial charge in [0, 0.05) is 13.0 Å². The number of anilines is 1. The van der Waals surface area contributed by atoms with Gasteiger partial charge in [0.25, 0.3) is 0 Å². The average molecular weight is 276 g/mol. The number of nitrogens with zero attached hydrogens (tertiary/aromatic N) is 3. The Morgan fingerprint density at radius 2 is 2.37 bits per heavy atom. The maximum atomic E-state index is 5.19. The molecule has 0 saturated heterocycles. The minimum absolute atomic E-state index is 0.690. The summed E-state index contributed by atoms with van der Waals surface area (Å²) < 4.78 is 11.0. The van der Waals surface area contributed by atoms with E-state index in [4.69, 9.17) is 4.74 Å². The molecule has 2 heterocycles. The van der Waals surface area contributed by atoms with Crippen molar-refractivity contribution < 1.29 is 9.26 Å². The van der Waals surface area contributed by atoms with Crippen molar-refractivity contribution in [3.8, 4) is 5.75 Å². The molecule has 1 N–H and O–H groups in total. The summed E-state index contributed by atoms with van der Waals surface area (Å²) >= 11 is 1.60. The molecule has 3 aromatic rings. The molecule has 3 rings (SSSR count). The summed E-state index contributed by atoms with van der Waals surface area (Å²) in [6.45, 7) is 0.719. The van der Waals surface area contributed by atoms with Crippen LogP contribution in [0.5, 0.6) is 5.75 Å². The first-order valence-corrected chi connectivity index (χ1v) is 6.60. The predicted molar refractivity (Wildman–Crippen MR) is 72.7 cm³/mol. The fraction of sp³-hybridized carbons (Fsp3) is 0.250. The van der Waals surface area contributed by atoms with Gasteiger partial charge in [-0.25, -0.2) is 4.98 Å². The Morgan fingerprint density at radius 1 is 1.42 bits per heavy atom. The summed E-state index contributed by atoms with van der Waals surface area (Å²) in [5.74, 6) is 1.53. The van der Waals surface area contributed by atoms with E-state index in [1.54, 1.807) is 18.4 Å². The maximum Gasteiger partial charge on any atom is 0.213 e. The number of thiazole rings is 1. The molecular weight excluding hydrogens is 264 g/mol. The van der Waals surface area contributed by atoms with Crippen molar-refractivity contribution in [1.82, 2.24) is 15.1 Å². The van der Waals surface area contributed by atoms with Crippen LogP contribution >= 0.6 is 11.3 Å². The number of fused-ring (bicyclic) bond motifs is 1. The number of nitrogens with one attached hydrogen (secondary N) is 1. The summed E-state index contributed by atoms with van der Waals surface area (Å²) in [5, 5.41) is 7.89. The summed E-state index contributed by atoms with van der Waals surface area (Å²) in [6, 6.07) is 5.84. The molecule has 0 spiro atoms. The largest absolute Gasteiger partial charge is 0.497 e. The number of rotatable bonds is 5. The number of hydrogen-bond acceptors (Lipinski definition) is 7. The number of benzene rings is 1. The van der Waals surface area contributed by atoms with E-state index in [0.29, 0.717) is 12.2 Å². The molecule has 19 heavy (non-hydrogen) atoms. The Balaban J connectivity index is 1.67. The third-order valence-corrected chi connectivity index (χ3v) is 3.60. The molecule has 7 heteroatoms. The van der Waals surface area contributed by atoms with Crippen LogP contribution in [0.1, 0.15) is 5.82 Å². The molecule has 0 aliphatic rings. The molecule has 0 aliphatic heterocycles. The number of methoxy groups -OCH3 is 1. The molecule has 0 bridgehead atoms.